The van der Waals surface area contributed by atoms with Crippen LogP contribution in [0.4, 0.5) is 5.13 Å². The SMILES string of the molecule is COc1ccc2nc(NC(=O)COC(=O)c3ccc(C)cc3)sc2c1. The zero-order chi connectivity index (χ0) is 17.8. The highest BCUT2D eigenvalue weighted by molar-refractivity contribution is 7.22. The molecule has 1 aromatic heterocycles. The molecule has 0 unspecified atom stereocenters. The summed E-state index contributed by atoms with van der Waals surface area (Å²) >= 11 is 1.32. The Bertz CT molecular complexity index is 918. The molecule has 0 radical (unpaired) electrons. The van der Waals surface area contributed by atoms with Crippen molar-refractivity contribution in [2.24, 2.45) is 0 Å². The molecule has 0 aliphatic carbocycles. The predicted molar refractivity (Wildman–Crippen MR) is 96.3 cm³/mol. The lowest BCUT2D eigenvalue weighted by atomic mass is 10.1. The molecule has 6 nitrogen and oxygen atoms in total. The summed E-state index contributed by atoms with van der Waals surface area (Å²) in [7, 11) is 1.59. The largest absolute Gasteiger partial charge is 0.497 e. The van der Waals surface area contributed by atoms with E-state index in [1.165, 1.54) is 11.3 Å². The zero-order valence-corrected chi connectivity index (χ0v) is 14.6. The van der Waals surface area contributed by atoms with E-state index in [1.807, 2.05) is 31.2 Å². The highest BCUT2D eigenvalue weighted by Crippen LogP contribution is 2.29. The third-order valence-electron chi connectivity index (χ3n) is 3.46. The monoisotopic (exact) mass is 356 g/mol. The number of carbonyl (C=O) groups excluding carboxylic acids is 2. The maximum absolute atomic E-state index is 12.0. The van der Waals surface area contributed by atoms with Crippen molar-refractivity contribution in [1.82, 2.24) is 4.98 Å². The van der Waals surface area contributed by atoms with Crippen LogP contribution in [-0.4, -0.2) is 30.6 Å². The van der Waals surface area contributed by atoms with Gasteiger partial charge < -0.3 is 9.47 Å². The molecule has 0 bridgehead atoms. The number of benzene rings is 2. The normalized spacial score (nSPS) is 10.5. The van der Waals surface area contributed by atoms with Gasteiger partial charge in [0.15, 0.2) is 11.7 Å². The number of ether oxygens (including phenoxy) is 2. The molecule has 0 aliphatic heterocycles. The predicted octanol–water partition coefficient (Wildman–Crippen LogP) is 3.41. The Labute approximate surface area is 148 Å². The van der Waals surface area contributed by atoms with Crippen molar-refractivity contribution in [3.8, 4) is 5.75 Å². The molecule has 128 valence electrons. The van der Waals surface area contributed by atoms with Crippen LogP contribution in [0.1, 0.15) is 15.9 Å². The number of aryl methyl sites for hydroxylation is 1. The average molecular weight is 356 g/mol. The summed E-state index contributed by atoms with van der Waals surface area (Å²) in [6.07, 6.45) is 0. The van der Waals surface area contributed by atoms with Crippen LogP contribution in [0, 0.1) is 6.92 Å². The first-order chi connectivity index (χ1) is 12.0. The zero-order valence-electron chi connectivity index (χ0n) is 13.7. The lowest BCUT2D eigenvalue weighted by Crippen LogP contribution is -2.20. The molecule has 0 aliphatic rings. The smallest absolute Gasteiger partial charge is 0.338 e. The molecule has 0 spiro atoms. The fourth-order valence-electron chi connectivity index (χ4n) is 2.14. The van der Waals surface area contributed by atoms with Crippen LogP contribution in [0.15, 0.2) is 42.5 Å². The van der Waals surface area contributed by atoms with Gasteiger partial charge in [0, 0.05) is 0 Å². The van der Waals surface area contributed by atoms with E-state index in [4.69, 9.17) is 9.47 Å². The summed E-state index contributed by atoms with van der Waals surface area (Å²) in [4.78, 5) is 28.2. The van der Waals surface area contributed by atoms with Crippen molar-refractivity contribution in [2.45, 2.75) is 6.92 Å². The van der Waals surface area contributed by atoms with Crippen molar-refractivity contribution < 1.29 is 19.1 Å². The number of hydrogen-bond acceptors (Lipinski definition) is 6. The number of thiazole rings is 1. The minimum atomic E-state index is -0.538. The average Bonchev–Trinajstić information content (AvgIpc) is 3.01. The Hall–Kier alpha value is -2.93. The van der Waals surface area contributed by atoms with Crippen molar-refractivity contribution >= 4 is 38.6 Å². The van der Waals surface area contributed by atoms with Gasteiger partial charge in [-0.1, -0.05) is 29.0 Å². The van der Waals surface area contributed by atoms with Crippen LogP contribution in [-0.2, 0) is 9.53 Å². The van der Waals surface area contributed by atoms with E-state index in [9.17, 15) is 9.59 Å². The van der Waals surface area contributed by atoms with Crippen molar-refractivity contribution in [3.63, 3.8) is 0 Å². The van der Waals surface area contributed by atoms with Gasteiger partial charge >= 0.3 is 5.97 Å². The van der Waals surface area contributed by atoms with E-state index in [-0.39, 0.29) is 6.61 Å². The fraction of sp³-hybridized carbons (Fsp3) is 0.167. The second kappa shape index (κ2) is 7.31. The number of amides is 1. The summed E-state index contributed by atoms with van der Waals surface area (Å²) in [6, 6.07) is 12.4. The number of fused-ring (bicyclic) bond motifs is 1. The number of nitrogens with zero attached hydrogens (tertiary/aromatic N) is 1. The number of rotatable bonds is 5. The molecule has 0 atom stereocenters. The number of carbonyl (C=O) groups is 2. The molecule has 2 aromatic carbocycles. The number of nitrogens with one attached hydrogen (secondary N) is 1. The highest BCUT2D eigenvalue weighted by Gasteiger charge is 2.12. The third kappa shape index (κ3) is 4.13. The van der Waals surface area contributed by atoms with E-state index in [2.05, 4.69) is 10.3 Å². The summed E-state index contributed by atoms with van der Waals surface area (Å²) in [5.41, 5.74) is 2.21. The van der Waals surface area contributed by atoms with Gasteiger partial charge in [-0.3, -0.25) is 10.1 Å². The van der Waals surface area contributed by atoms with Gasteiger partial charge in [0.2, 0.25) is 0 Å². The summed E-state index contributed by atoms with van der Waals surface area (Å²) in [6.45, 7) is 1.56. The van der Waals surface area contributed by atoms with Crippen molar-refractivity contribution in [1.29, 1.82) is 0 Å². The first-order valence-electron chi connectivity index (χ1n) is 7.53. The molecule has 1 N–H and O–H groups in total. The van der Waals surface area contributed by atoms with Crippen LogP contribution in [0.5, 0.6) is 5.75 Å². The number of methoxy groups -OCH3 is 1. The third-order valence-corrected chi connectivity index (χ3v) is 4.40. The van der Waals surface area contributed by atoms with Gasteiger partial charge in [-0.2, -0.15) is 0 Å². The quantitative estimate of drug-likeness (QED) is 0.709. The Morgan fingerprint density at radius 2 is 1.92 bits per heavy atom. The molecule has 25 heavy (non-hydrogen) atoms. The van der Waals surface area contributed by atoms with Gasteiger partial charge in [-0.25, -0.2) is 9.78 Å². The van der Waals surface area contributed by atoms with E-state index in [1.54, 1.807) is 25.3 Å². The minimum Gasteiger partial charge on any atom is -0.497 e. The maximum atomic E-state index is 12.0. The maximum Gasteiger partial charge on any atom is 0.338 e. The second-order valence-electron chi connectivity index (χ2n) is 5.34. The molecule has 0 saturated carbocycles. The molecule has 3 aromatic rings. The lowest BCUT2D eigenvalue weighted by molar-refractivity contribution is -0.119. The second-order valence-corrected chi connectivity index (χ2v) is 6.37. The van der Waals surface area contributed by atoms with Crippen LogP contribution in [0.2, 0.25) is 0 Å². The Kier molecular flexibility index (Phi) is 4.95. The van der Waals surface area contributed by atoms with Gasteiger partial charge in [-0.05, 0) is 37.3 Å². The number of anilines is 1. The minimum absolute atomic E-state index is 0.369. The Morgan fingerprint density at radius 1 is 1.16 bits per heavy atom. The summed E-state index contributed by atoms with van der Waals surface area (Å²) < 4.78 is 11.1. The Balaban J connectivity index is 1.58. The van der Waals surface area contributed by atoms with E-state index in [0.29, 0.717) is 10.7 Å². The van der Waals surface area contributed by atoms with Crippen LogP contribution in [0.3, 0.4) is 0 Å². The molecule has 3 rings (SSSR count). The molecule has 1 amide bonds. The summed E-state index contributed by atoms with van der Waals surface area (Å²) in [5, 5.41) is 3.08. The van der Waals surface area contributed by atoms with Gasteiger partial charge in [0.05, 0.1) is 22.9 Å². The van der Waals surface area contributed by atoms with Gasteiger partial charge in [-0.15, -0.1) is 0 Å². The molecular formula is C18H16N2O4S. The van der Waals surface area contributed by atoms with E-state index >= 15 is 0 Å². The first kappa shape index (κ1) is 16.9. The number of hydrogen-bond donors (Lipinski definition) is 1. The van der Waals surface area contributed by atoms with Crippen molar-refractivity contribution in [3.05, 3.63) is 53.6 Å². The molecule has 1 heterocycles. The van der Waals surface area contributed by atoms with Crippen LogP contribution < -0.4 is 10.1 Å². The molecular weight excluding hydrogens is 340 g/mol. The standard InChI is InChI=1S/C18H16N2O4S/c1-11-3-5-12(6-4-11)17(22)24-10-16(21)20-18-19-14-8-7-13(23-2)9-15(14)25-18/h3-9H,10H2,1-2H3,(H,19,20,21). The van der Waals surface area contributed by atoms with Gasteiger partial charge in [0.1, 0.15) is 5.75 Å². The first-order valence-corrected chi connectivity index (χ1v) is 8.35. The van der Waals surface area contributed by atoms with E-state index < -0.39 is 11.9 Å². The van der Waals surface area contributed by atoms with Gasteiger partial charge in [0.25, 0.3) is 5.91 Å². The molecule has 7 heteroatoms. The lowest BCUT2D eigenvalue weighted by Gasteiger charge is -2.04. The highest BCUT2D eigenvalue weighted by atomic mass is 32.1. The topological polar surface area (TPSA) is 77.5 Å². The number of esters is 1. The van der Waals surface area contributed by atoms with Crippen LogP contribution in [0.25, 0.3) is 10.2 Å². The summed E-state index contributed by atoms with van der Waals surface area (Å²) in [5.74, 6) is -0.253. The fourth-order valence-corrected chi connectivity index (χ4v) is 3.06. The van der Waals surface area contributed by atoms with Crippen LogP contribution >= 0.6 is 11.3 Å². The number of aromatic nitrogens is 1. The molecule has 0 fully saturated rings. The molecule has 0 saturated heterocycles. The Morgan fingerprint density at radius 3 is 2.64 bits per heavy atom. The van der Waals surface area contributed by atoms with E-state index in [0.717, 1.165) is 21.5 Å². The van der Waals surface area contributed by atoms with Crippen molar-refractivity contribution in [2.75, 3.05) is 19.0 Å².